The summed E-state index contributed by atoms with van der Waals surface area (Å²) in [5.41, 5.74) is 0. The predicted octanol–water partition coefficient (Wildman–Crippen LogP) is 1.61. The smallest absolute Gasteiger partial charge is 0.317 e. The van der Waals surface area contributed by atoms with E-state index in [1.165, 1.54) is 12.8 Å². The van der Waals surface area contributed by atoms with Crippen molar-refractivity contribution in [3.05, 3.63) is 0 Å². The molecule has 0 bridgehead atoms. The lowest BCUT2D eigenvalue weighted by Gasteiger charge is -2.29. The first-order valence-corrected chi connectivity index (χ1v) is 10.2. The van der Waals surface area contributed by atoms with E-state index in [9.17, 15) is 9.59 Å². The van der Waals surface area contributed by atoms with Crippen LogP contribution in [0.25, 0.3) is 0 Å². The molecule has 2 fully saturated rings. The molecule has 0 saturated carbocycles. The highest BCUT2D eigenvalue weighted by Gasteiger charge is 2.29. The Labute approximate surface area is 162 Å². The minimum Gasteiger partial charge on any atom is -0.483 e. The number of amides is 3. The molecule has 8 nitrogen and oxygen atoms in total. The Morgan fingerprint density at radius 2 is 1.59 bits per heavy atom. The zero-order valence-electron chi connectivity index (χ0n) is 16.9. The van der Waals surface area contributed by atoms with Gasteiger partial charge in [-0.15, -0.1) is 0 Å². The third-order valence-electron chi connectivity index (χ3n) is 5.20. The van der Waals surface area contributed by atoms with E-state index in [0.29, 0.717) is 13.1 Å². The van der Waals surface area contributed by atoms with E-state index in [0.717, 1.165) is 58.4 Å². The maximum Gasteiger partial charge on any atom is 0.317 e. The van der Waals surface area contributed by atoms with Gasteiger partial charge in [0.1, 0.15) is 0 Å². The number of nitrogens with one attached hydrogen (secondary N) is 1. The Balaban J connectivity index is 0.00000114. The van der Waals surface area contributed by atoms with E-state index < -0.39 is 0 Å². The van der Waals surface area contributed by atoms with Crippen LogP contribution < -0.4 is 5.32 Å². The third kappa shape index (κ3) is 8.15. The number of carboxylic acid groups (broad SMARTS) is 1. The van der Waals surface area contributed by atoms with Gasteiger partial charge in [0.05, 0.1) is 6.04 Å². The molecule has 8 heteroatoms. The second-order valence-electron chi connectivity index (χ2n) is 7.13. The summed E-state index contributed by atoms with van der Waals surface area (Å²) in [6.45, 7) is 9.54. The van der Waals surface area contributed by atoms with Crippen molar-refractivity contribution >= 4 is 18.4 Å². The first-order valence-electron chi connectivity index (χ1n) is 10.2. The molecule has 2 aliphatic heterocycles. The first kappa shape index (κ1) is 23.2. The fraction of sp³-hybridized carbons (Fsp3) is 0.842. The average molecular weight is 385 g/mol. The lowest BCUT2D eigenvalue weighted by Crippen LogP contribution is -2.48. The van der Waals surface area contributed by atoms with Gasteiger partial charge in [-0.1, -0.05) is 19.8 Å². The molecule has 2 N–H and O–H groups in total. The van der Waals surface area contributed by atoms with Crippen LogP contribution in [0.2, 0.25) is 0 Å². The quantitative estimate of drug-likeness (QED) is 0.536. The molecule has 3 amide bonds. The summed E-state index contributed by atoms with van der Waals surface area (Å²) in [4.78, 5) is 39.4. The van der Waals surface area contributed by atoms with Crippen LogP contribution >= 0.6 is 0 Å². The van der Waals surface area contributed by atoms with E-state index in [1.54, 1.807) is 0 Å². The standard InChI is InChI=1S/C18H34N4O2.CH2O2/c1-3-4-5-9-19-18(24)22-13-8-12-21(14-15-22)17(23)16(2)20-10-6-7-11-20;2-1-3/h16H,3-15H2,1-2H3,(H,19,24);1H,(H,2,3). The molecule has 0 aromatic rings. The van der Waals surface area contributed by atoms with Crippen LogP contribution in [0.1, 0.15) is 52.4 Å². The largest absolute Gasteiger partial charge is 0.483 e. The number of hydrogen-bond donors (Lipinski definition) is 2. The van der Waals surface area contributed by atoms with Gasteiger partial charge >= 0.3 is 6.03 Å². The predicted molar refractivity (Wildman–Crippen MR) is 105 cm³/mol. The summed E-state index contributed by atoms with van der Waals surface area (Å²) < 4.78 is 0. The zero-order chi connectivity index (χ0) is 20.1. The van der Waals surface area contributed by atoms with Crippen molar-refractivity contribution < 1.29 is 19.5 Å². The van der Waals surface area contributed by atoms with Gasteiger partial charge < -0.3 is 20.2 Å². The number of hydrogen-bond acceptors (Lipinski definition) is 4. The number of likely N-dealkylation sites (tertiary alicyclic amines) is 1. The second kappa shape index (κ2) is 13.4. The van der Waals surface area contributed by atoms with Crippen molar-refractivity contribution in [3.8, 4) is 0 Å². The highest BCUT2D eigenvalue weighted by Crippen LogP contribution is 2.14. The van der Waals surface area contributed by atoms with Crippen LogP contribution in [-0.4, -0.2) is 90.1 Å². The Kier molecular flexibility index (Phi) is 11.5. The molecule has 0 aromatic carbocycles. The molecular formula is C19H36N4O4. The van der Waals surface area contributed by atoms with E-state index in [4.69, 9.17) is 9.90 Å². The van der Waals surface area contributed by atoms with Gasteiger partial charge in [-0.2, -0.15) is 0 Å². The van der Waals surface area contributed by atoms with Gasteiger partial charge in [-0.25, -0.2) is 4.79 Å². The summed E-state index contributed by atoms with van der Waals surface area (Å²) in [7, 11) is 0. The second-order valence-corrected chi connectivity index (χ2v) is 7.13. The Bertz CT molecular complexity index is 455. The van der Waals surface area contributed by atoms with E-state index in [-0.39, 0.29) is 24.5 Å². The fourth-order valence-corrected chi connectivity index (χ4v) is 3.57. The van der Waals surface area contributed by atoms with E-state index in [2.05, 4.69) is 17.1 Å². The number of unbranched alkanes of at least 4 members (excludes halogenated alkanes) is 2. The van der Waals surface area contributed by atoms with Crippen molar-refractivity contribution in [2.75, 3.05) is 45.8 Å². The third-order valence-corrected chi connectivity index (χ3v) is 5.20. The van der Waals surface area contributed by atoms with Crippen molar-refractivity contribution in [1.82, 2.24) is 20.0 Å². The lowest BCUT2D eigenvalue weighted by atomic mass is 10.2. The highest BCUT2D eigenvalue weighted by molar-refractivity contribution is 5.81. The van der Waals surface area contributed by atoms with Gasteiger partial charge in [0, 0.05) is 32.7 Å². The minimum absolute atomic E-state index is 0.0213. The summed E-state index contributed by atoms with van der Waals surface area (Å²) in [6.07, 6.45) is 6.60. The van der Waals surface area contributed by atoms with Crippen molar-refractivity contribution in [3.63, 3.8) is 0 Å². The summed E-state index contributed by atoms with van der Waals surface area (Å²) in [5, 5.41) is 9.89. The van der Waals surface area contributed by atoms with Crippen molar-refractivity contribution in [1.29, 1.82) is 0 Å². The molecule has 0 radical (unpaired) electrons. The van der Waals surface area contributed by atoms with Crippen molar-refractivity contribution in [2.45, 2.75) is 58.4 Å². The van der Waals surface area contributed by atoms with Gasteiger partial charge in [-0.05, 0) is 45.7 Å². The van der Waals surface area contributed by atoms with Gasteiger partial charge in [0.25, 0.3) is 6.47 Å². The van der Waals surface area contributed by atoms with Gasteiger partial charge in [0.2, 0.25) is 5.91 Å². The normalized spacial score (nSPS) is 18.9. The Morgan fingerprint density at radius 1 is 1.00 bits per heavy atom. The number of rotatable bonds is 6. The number of nitrogens with zero attached hydrogens (tertiary/aromatic N) is 3. The molecule has 1 unspecified atom stereocenters. The van der Waals surface area contributed by atoms with Crippen LogP contribution in [0.5, 0.6) is 0 Å². The van der Waals surface area contributed by atoms with E-state index in [1.807, 2.05) is 16.7 Å². The molecule has 0 aromatic heterocycles. The van der Waals surface area contributed by atoms with Crippen LogP contribution in [0, 0.1) is 0 Å². The molecular weight excluding hydrogens is 348 g/mol. The number of carbonyl (C=O) groups excluding carboxylic acids is 2. The highest BCUT2D eigenvalue weighted by atomic mass is 16.3. The molecule has 1 atom stereocenters. The molecule has 2 rings (SSSR count). The minimum atomic E-state index is -0.250. The molecule has 27 heavy (non-hydrogen) atoms. The SMILES string of the molecule is CCCCCNC(=O)N1CCCN(C(=O)C(C)N2CCCC2)CC1.O=CO. The summed E-state index contributed by atoms with van der Waals surface area (Å²) in [6, 6.07) is -0.00471. The maximum absolute atomic E-state index is 12.7. The Morgan fingerprint density at radius 3 is 2.22 bits per heavy atom. The molecule has 0 spiro atoms. The van der Waals surface area contributed by atoms with Crippen molar-refractivity contribution in [2.24, 2.45) is 0 Å². The topological polar surface area (TPSA) is 93.2 Å². The van der Waals surface area contributed by atoms with Crippen LogP contribution in [0.4, 0.5) is 4.79 Å². The molecule has 156 valence electrons. The molecule has 2 saturated heterocycles. The van der Waals surface area contributed by atoms with Crippen LogP contribution in [0.15, 0.2) is 0 Å². The molecule has 2 heterocycles. The van der Waals surface area contributed by atoms with Crippen LogP contribution in [0.3, 0.4) is 0 Å². The van der Waals surface area contributed by atoms with Crippen LogP contribution in [-0.2, 0) is 9.59 Å². The number of urea groups is 1. The zero-order valence-corrected chi connectivity index (χ0v) is 16.9. The first-order chi connectivity index (χ1) is 13.0. The molecule has 0 aliphatic carbocycles. The summed E-state index contributed by atoms with van der Waals surface area (Å²) in [5.74, 6) is 0.224. The number of carbonyl (C=O) groups is 3. The van der Waals surface area contributed by atoms with E-state index >= 15 is 0 Å². The van der Waals surface area contributed by atoms with Gasteiger partial charge in [-0.3, -0.25) is 14.5 Å². The summed E-state index contributed by atoms with van der Waals surface area (Å²) >= 11 is 0. The Hall–Kier alpha value is -1.83. The fourth-order valence-electron chi connectivity index (χ4n) is 3.57. The monoisotopic (exact) mass is 384 g/mol. The average Bonchev–Trinajstić information content (AvgIpc) is 3.09. The molecule has 2 aliphatic rings. The van der Waals surface area contributed by atoms with Gasteiger partial charge in [0.15, 0.2) is 0 Å². The maximum atomic E-state index is 12.7. The lowest BCUT2D eigenvalue weighted by molar-refractivity contribution is -0.136.